The van der Waals surface area contributed by atoms with E-state index in [-0.39, 0.29) is 17.5 Å². The molecule has 0 saturated carbocycles. The van der Waals surface area contributed by atoms with Gasteiger partial charge in [0.05, 0.1) is 10.9 Å². The predicted molar refractivity (Wildman–Crippen MR) is 98.3 cm³/mol. The van der Waals surface area contributed by atoms with Crippen LogP contribution in [0.15, 0.2) is 38.9 Å². The van der Waals surface area contributed by atoms with Crippen LogP contribution in [0.2, 0.25) is 0 Å². The summed E-state index contributed by atoms with van der Waals surface area (Å²) < 4.78 is 2.06. The van der Waals surface area contributed by atoms with Crippen molar-refractivity contribution in [2.24, 2.45) is 0 Å². The lowest BCUT2D eigenvalue weighted by atomic mass is 10.2. The maximum atomic E-state index is 12.6. The van der Waals surface area contributed by atoms with Crippen LogP contribution in [0.4, 0.5) is 5.69 Å². The molecule has 2 aromatic heterocycles. The Balaban J connectivity index is 1.94. The van der Waals surface area contributed by atoms with Crippen LogP contribution in [0.3, 0.4) is 0 Å². The Morgan fingerprint density at radius 1 is 1.32 bits per heavy atom. The van der Waals surface area contributed by atoms with Gasteiger partial charge < -0.3 is 10.4 Å². The summed E-state index contributed by atoms with van der Waals surface area (Å²) in [6.07, 6.45) is 0. The van der Waals surface area contributed by atoms with Crippen molar-refractivity contribution in [2.75, 3.05) is 5.32 Å². The first-order valence-electron chi connectivity index (χ1n) is 7.14. The van der Waals surface area contributed by atoms with Gasteiger partial charge in [-0.3, -0.25) is 14.2 Å². The zero-order valence-corrected chi connectivity index (χ0v) is 15.3. The number of benzene rings is 1. The maximum absolute atomic E-state index is 12.6. The smallest absolute Gasteiger partial charge is 0.337 e. The van der Waals surface area contributed by atoms with Gasteiger partial charge in [-0.25, -0.2) is 9.78 Å². The Bertz CT molecular complexity index is 1040. The molecule has 9 heteroatoms. The van der Waals surface area contributed by atoms with Crippen LogP contribution in [-0.2, 0) is 11.3 Å². The molecule has 1 amide bonds. The number of carboxylic acids is 1. The molecule has 3 rings (SSSR count). The second-order valence-electron chi connectivity index (χ2n) is 5.24. The largest absolute Gasteiger partial charge is 0.478 e. The normalized spacial score (nSPS) is 10.8. The van der Waals surface area contributed by atoms with Gasteiger partial charge in [0.2, 0.25) is 5.91 Å². The fourth-order valence-electron chi connectivity index (χ4n) is 2.35. The number of nitrogens with one attached hydrogen (secondary N) is 1. The number of hydrogen-bond donors (Lipinski definition) is 2. The lowest BCUT2D eigenvalue weighted by Gasteiger charge is -2.10. The first-order chi connectivity index (χ1) is 11.9. The molecule has 1 aromatic carbocycles. The van der Waals surface area contributed by atoms with Gasteiger partial charge in [-0.05, 0) is 31.2 Å². The van der Waals surface area contributed by atoms with Crippen molar-refractivity contribution in [3.05, 3.63) is 55.9 Å². The summed E-state index contributed by atoms with van der Waals surface area (Å²) in [5.74, 6) is -1.25. The number of nitrogens with zero attached hydrogens (tertiary/aromatic N) is 2. The van der Waals surface area contributed by atoms with Gasteiger partial charge in [-0.15, -0.1) is 11.3 Å². The van der Waals surface area contributed by atoms with Crippen molar-refractivity contribution >= 4 is 55.0 Å². The molecule has 25 heavy (non-hydrogen) atoms. The molecule has 0 aliphatic heterocycles. The van der Waals surface area contributed by atoms with Crippen LogP contribution < -0.4 is 10.9 Å². The minimum atomic E-state index is -1.19. The van der Waals surface area contributed by atoms with E-state index in [9.17, 15) is 19.5 Å². The van der Waals surface area contributed by atoms with E-state index in [0.29, 0.717) is 16.3 Å². The van der Waals surface area contributed by atoms with E-state index < -0.39 is 17.4 Å². The predicted octanol–water partition coefficient (Wildman–Crippen LogP) is 2.87. The summed E-state index contributed by atoms with van der Waals surface area (Å²) in [5, 5.41) is 13.3. The van der Waals surface area contributed by atoms with E-state index >= 15 is 0 Å². The molecule has 0 saturated heterocycles. The van der Waals surface area contributed by atoms with Crippen molar-refractivity contribution in [3.63, 3.8) is 0 Å². The van der Waals surface area contributed by atoms with Gasteiger partial charge in [0.15, 0.2) is 0 Å². The molecule has 0 bridgehead atoms. The van der Waals surface area contributed by atoms with Crippen molar-refractivity contribution < 1.29 is 14.7 Å². The van der Waals surface area contributed by atoms with Crippen molar-refractivity contribution in [2.45, 2.75) is 13.5 Å². The number of fused-ring (bicyclic) bond motifs is 1. The number of aromatic nitrogens is 2. The Morgan fingerprint density at radius 3 is 2.64 bits per heavy atom. The third-order valence-corrected chi connectivity index (χ3v) is 4.95. The summed E-state index contributed by atoms with van der Waals surface area (Å²) >= 11 is 4.40. The fourth-order valence-corrected chi connectivity index (χ4v) is 3.56. The number of anilines is 1. The van der Waals surface area contributed by atoms with Crippen LogP contribution >= 0.6 is 27.3 Å². The van der Waals surface area contributed by atoms with E-state index in [0.717, 1.165) is 15.8 Å². The SMILES string of the molecule is Cc1nc2scc(C(=O)O)c2c(=O)n1CC(=O)Nc1ccc(Br)cc1. The van der Waals surface area contributed by atoms with Crippen LogP contribution in [0, 0.1) is 6.92 Å². The quantitative estimate of drug-likeness (QED) is 0.674. The van der Waals surface area contributed by atoms with Gasteiger partial charge in [0.1, 0.15) is 17.2 Å². The molecule has 7 nitrogen and oxygen atoms in total. The van der Waals surface area contributed by atoms with Gasteiger partial charge in [-0.1, -0.05) is 15.9 Å². The molecule has 3 aromatic rings. The molecule has 0 fully saturated rings. The molecule has 0 aliphatic rings. The van der Waals surface area contributed by atoms with Gasteiger partial charge in [0, 0.05) is 15.5 Å². The summed E-state index contributed by atoms with van der Waals surface area (Å²) in [6.45, 7) is 1.35. The standard InChI is InChI=1S/C16H12BrN3O4S/c1-8-18-14-13(11(7-25-14)16(23)24)15(22)20(8)6-12(21)19-10-4-2-9(17)3-5-10/h2-5,7H,6H2,1H3,(H,19,21)(H,23,24). The zero-order valence-electron chi connectivity index (χ0n) is 12.9. The van der Waals surface area contributed by atoms with E-state index in [2.05, 4.69) is 26.2 Å². The van der Waals surface area contributed by atoms with Crippen molar-refractivity contribution in [3.8, 4) is 0 Å². The van der Waals surface area contributed by atoms with Crippen LogP contribution in [-0.4, -0.2) is 26.5 Å². The third kappa shape index (κ3) is 3.47. The highest BCUT2D eigenvalue weighted by Crippen LogP contribution is 2.21. The van der Waals surface area contributed by atoms with E-state index in [1.807, 2.05) is 0 Å². The Hall–Kier alpha value is -2.52. The number of aromatic carboxylic acids is 1. The lowest BCUT2D eigenvalue weighted by molar-refractivity contribution is -0.116. The maximum Gasteiger partial charge on any atom is 0.337 e. The van der Waals surface area contributed by atoms with Gasteiger partial charge >= 0.3 is 5.97 Å². The lowest BCUT2D eigenvalue weighted by Crippen LogP contribution is -2.30. The summed E-state index contributed by atoms with van der Waals surface area (Å²) in [7, 11) is 0. The fraction of sp³-hybridized carbons (Fsp3) is 0.125. The van der Waals surface area contributed by atoms with E-state index in [4.69, 9.17) is 0 Å². The monoisotopic (exact) mass is 421 g/mol. The van der Waals surface area contributed by atoms with Crippen LogP contribution in [0.5, 0.6) is 0 Å². The molecule has 0 radical (unpaired) electrons. The molecular formula is C16H12BrN3O4S. The first-order valence-corrected chi connectivity index (χ1v) is 8.81. The molecular weight excluding hydrogens is 410 g/mol. The number of carbonyl (C=O) groups is 2. The summed E-state index contributed by atoms with van der Waals surface area (Å²) in [5.41, 5.74) is -0.0404. The molecule has 2 heterocycles. The Morgan fingerprint density at radius 2 is 2.00 bits per heavy atom. The minimum absolute atomic E-state index is 0.0274. The zero-order chi connectivity index (χ0) is 18.1. The molecule has 0 spiro atoms. The minimum Gasteiger partial charge on any atom is -0.478 e. The Labute approximate surface area is 154 Å². The third-order valence-electron chi connectivity index (χ3n) is 3.54. The number of carboxylic acid groups (broad SMARTS) is 1. The highest BCUT2D eigenvalue weighted by Gasteiger charge is 2.19. The van der Waals surface area contributed by atoms with Crippen molar-refractivity contribution in [1.29, 1.82) is 0 Å². The number of thiophene rings is 1. The average Bonchev–Trinajstić information content (AvgIpc) is 2.97. The molecule has 0 aliphatic carbocycles. The average molecular weight is 422 g/mol. The van der Waals surface area contributed by atoms with Gasteiger partial charge in [-0.2, -0.15) is 0 Å². The topological polar surface area (TPSA) is 101 Å². The number of hydrogen-bond acceptors (Lipinski definition) is 5. The number of amides is 1. The number of aryl methyl sites for hydroxylation is 1. The highest BCUT2D eigenvalue weighted by molar-refractivity contribution is 9.10. The second-order valence-corrected chi connectivity index (χ2v) is 7.01. The number of halogens is 1. The summed E-state index contributed by atoms with van der Waals surface area (Å²) in [4.78, 5) is 40.7. The highest BCUT2D eigenvalue weighted by atomic mass is 79.9. The number of carbonyl (C=O) groups excluding carboxylic acids is 1. The number of rotatable bonds is 4. The van der Waals surface area contributed by atoms with Crippen LogP contribution in [0.1, 0.15) is 16.2 Å². The van der Waals surface area contributed by atoms with Gasteiger partial charge in [0.25, 0.3) is 5.56 Å². The molecule has 128 valence electrons. The Kier molecular flexibility index (Phi) is 4.69. The molecule has 0 atom stereocenters. The van der Waals surface area contributed by atoms with E-state index in [1.165, 1.54) is 9.95 Å². The second kappa shape index (κ2) is 6.77. The van der Waals surface area contributed by atoms with Crippen LogP contribution in [0.25, 0.3) is 10.2 Å². The molecule has 2 N–H and O–H groups in total. The molecule has 0 unspecified atom stereocenters. The summed E-state index contributed by atoms with van der Waals surface area (Å²) in [6, 6.07) is 7.01. The first kappa shape index (κ1) is 17.3. The van der Waals surface area contributed by atoms with Crippen molar-refractivity contribution in [1.82, 2.24) is 9.55 Å². The van der Waals surface area contributed by atoms with E-state index in [1.54, 1.807) is 31.2 Å².